The standard InChI is InChI=1S/C14H13NO4/c1-10-11(5-4-6-12(10)15(17)18)9-19-14-8-3-2-7-13(14)16/h2-8,16H,9H2,1H3. The molecular formula is C14H13NO4. The van der Waals surface area contributed by atoms with Crippen LogP contribution in [-0.4, -0.2) is 10.0 Å². The van der Waals surface area contributed by atoms with Gasteiger partial charge in [-0.15, -0.1) is 0 Å². The van der Waals surface area contributed by atoms with Crippen LogP contribution in [0.4, 0.5) is 5.69 Å². The second kappa shape index (κ2) is 5.39. The maximum Gasteiger partial charge on any atom is 0.272 e. The molecule has 0 fully saturated rings. The van der Waals surface area contributed by atoms with Crippen LogP contribution in [0.5, 0.6) is 11.5 Å². The number of nitro benzene ring substituents is 1. The van der Waals surface area contributed by atoms with Gasteiger partial charge in [0.2, 0.25) is 0 Å². The molecule has 0 heterocycles. The fraction of sp³-hybridized carbons (Fsp3) is 0.143. The van der Waals surface area contributed by atoms with Crippen molar-refractivity contribution in [2.24, 2.45) is 0 Å². The summed E-state index contributed by atoms with van der Waals surface area (Å²) >= 11 is 0. The summed E-state index contributed by atoms with van der Waals surface area (Å²) in [5, 5.41) is 20.4. The van der Waals surface area contributed by atoms with Crippen molar-refractivity contribution in [2.75, 3.05) is 0 Å². The summed E-state index contributed by atoms with van der Waals surface area (Å²) in [6, 6.07) is 11.4. The Labute approximate surface area is 110 Å². The van der Waals surface area contributed by atoms with E-state index in [-0.39, 0.29) is 18.0 Å². The Hall–Kier alpha value is -2.56. The monoisotopic (exact) mass is 259 g/mol. The number of phenolic OH excluding ortho intramolecular Hbond substituents is 1. The number of para-hydroxylation sites is 2. The third-order valence-corrected chi connectivity index (χ3v) is 2.86. The van der Waals surface area contributed by atoms with Gasteiger partial charge in [0.25, 0.3) is 5.69 Å². The lowest BCUT2D eigenvalue weighted by Crippen LogP contribution is -2.01. The number of rotatable bonds is 4. The van der Waals surface area contributed by atoms with Gasteiger partial charge in [-0.3, -0.25) is 10.1 Å². The lowest BCUT2D eigenvalue weighted by atomic mass is 10.1. The molecule has 0 atom stereocenters. The summed E-state index contributed by atoms with van der Waals surface area (Å²) in [6.07, 6.45) is 0. The van der Waals surface area contributed by atoms with Crippen LogP contribution in [0.3, 0.4) is 0 Å². The van der Waals surface area contributed by atoms with E-state index < -0.39 is 4.92 Å². The van der Waals surface area contributed by atoms with Gasteiger partial charge < -0.3 is 9.84 Å². The van der Waals surface area contributed by atoms with Gasteiger partial charge in [-0.1, -0.05) is 24.3 Å². The zero-order chi connectivity index (χ0) is 13.8. The molecule has 0 aliphatic heterocycles. The van der Waals surface area contributed by atoms with E-state index in [0.717, 1.165) is 5.56 Å². The molecule has 1 N–H and O–H groups in total. The summed E-state index contributed by atoms with van der Waals surface area (Å²) in [7, 11) is 0. The summed E-state index contributed by atoms with van der Waals surface area (Å²) in [5.74, 6) is 0.402. The van der Waals surface area contributed by atoms with Crippen molar-refractivity contribution in [2.45, 2.75) is 13.5 Å². The number of nitro groups is 1. The van der Waals surface area contributed by atoms with Crippen molar-refractivity contribution in [3.05, 3.63) is 63.7 Å². The summed E-state index contributed by atoms with van der Waals surface area (Å²) in [5.41, 5.74) is 1.36. The van der Waals surface area contributed by atoms with E-state index in [0.29, 0.717) is 11.3 Å². The van der Waals surface area contributed by atoms with E-state index >= 15 is 0 Å². The van der Waals surface area contributed by atoms with Crippen molar-refractivity contribution < 1.29 is 14.8 Å². The number of hydrogen-bond donors (Lipinski definition) is 1. The Balaban J connectivity index is 2.19. The van der Waals surface area contributed by atoms with E-state index in [4.69, 9.17) is 4.74 Å². The maximum absolute atomic E-state index is 10.8. The third kappa shape index (κ3) is 2.82. The van der Waals surface area contributed by atoms with Crippen molar-refractivity contribution in [3.8, 4) is 11.5 Å². The van der Waals surface area contributed by atoms with Gasteiger partial charge in [-0.2, -0.15) is 0 Å². The highest BCUT2D eigenvalue weighted by Gasteiger charge is 2.13. The zero-order valence-electron chi connectivity index (χ0n) is 10.4. The summed E-state index contributed by atoms with van der Waals surface area (Å²) < 4.78 is 5.47. The average molecular weight is 259 g/mol. The molecule has 0 aliphatic carbocycles. The van der Waals surface area contributed by atoms with Gasteiger partial charge in [0, 0.05) is 11.6 Å². The molecule has 5 heteroatoms. The van der Waals surface area contributed by atoms with Crippen molar-refractivity contribution in [1.29, 1.82) is 0 Å². The van der Waals surface area contributed by atoms with Crippen LogP contribution in [0.15, 0.2) is 42.5 Å². The van der Waals surface area contributed by atoms with Crippen molar-refractivity contribution in [1.82, 2.24) is 0 Å². The first-order valence-electron chi connectivity index (χ1n) is 5.73. The molecular weight excluding hydrogens is 246 g/mol. The Morgan fingerprint density at radius 3 is 2.63 bits per heavy atom. The molecule has 0 amide bonds. The second-order valence-corrected chi connectivity index (χ2v) is 4.07. The normalized spacial score (nSPS) is 10.2. The third-order valence-electron chi connectivity index (χ3n) is 2.86. The molecule has 2 rings (SSSR count). The lowest BCUT2D eigenvalue weighted by Gasteiger charge is -2.09. The topological polar surface area (TPSA) is 72.6 Å². The quantitative estimate of drug-likeness (QED) is 0.676. The molecule has 2 aromatic carbocycles. The van der Waals surface area contributed by atoms with Crippen molar-refractivity contribution in [3.63, 3.8) is 0 Å². The molecule has 2 aromatic rings. The Morgan fingerprint density at radius 1 is 1.21 bits per heavy atom. The fourth-order valence-corrected chi connectivity index (χ4v) is 1.76. The minimum absolute atomic E-state index is 0.0468. The molecule has 0 aliphatic rings. The highest BCUT2D eigenvalue weighted by molar-refractivity contribution is 5.45. The van der Waals surface area contributed by atoms with Crippen LogP contribution >= 0.6 is 0 Å². The number of nitrogens with zero attached hydrogens (tertiary/aromatic N) is 1. The number of aromatic hydroxyl groups is 1. The van der Waals surface area contributed by atoms with E-state index in [1.54, 1.807) is 37.3 Å². The molecule has 0 bridgehead atoms. The van der Waals surface area contributed by atoms with E-state index in [1.165, 1.54) is 12.1 Å². The first-order chi connectivity index (χ1) is 9.09. The van der Waals surface area contributed by atoms with E-state index in [9.17, 15) is 15.2 Å². The Bertz CT molecular complexity index is 610. The first-order valence-corrected chi connectivity index (χ1v) is 5.73. The van der Waals surface area contributed by atoms with Gasteiger partial charge >= 0.3 is 0 Å². The zero-order valence-corrected chi connectivity index (χ0v) is 10.4. The van der Waals surface area contributed by atoms with Gasteiger partial charge in [-0.05, 0) is 24.6 Å². The molecule has 0 spiro atoms. The minimum Gasteiger partial charge on any atom is -0.504 e. The van der Waals surface area contributed by atoms with Gasteiger partial charge in [0.15, 0.2) is 11.5 Å². The highest BCUT2D eigenvalue weighted by atomic mass is 16.6. The van der Waals surface area contributed by atoms with Crippen LogP contribution in [0.1, 0.15) is 11.1 Å². The van der Waals surface area contributed by atoms with Crippen molar-refractivity contribution >= 4 is 5.69 Å². The molecule has 0 unspecified atom stereocenters. The second-order valence-electron chi connectivity index (χ2n) is 4.07. The molecule has 98 valence electrons. The highest BCUT2D eigenvalue weighted by Crippen LogP contribution is 2.27. The molecule has 0 radical (unpaired) electrons. The summed E-state index contributed by atoms with van der Waals surface area (Å²) in [4.78, 5) is 10.4. The van der Waals surface area contributed by atoms with Crippen LogP contribution in [0.25, 0.3) is 0 Å². The number of phenols is 1. The predicted molar refractivity (Wildman–Crippen MR) is 70.3 cm³/mol. The number of benzene rings is 2. The summed E-state index contributed by atoms with van der Waals surface area (Å²) in [6.45, 7) is 1.85. The van der Waals surface area contributed by atoms with E-state index in [1.807, 2.05) is 0 Å². The lowest BCUT2D eigenvalue weighted by molar-refractivity contribution is -0.385. The maximum atomic E-state index is 10.8. The average Bonchev–Trinajstić information content (AvgIpc) is 2.39. The van der Waals surface area contributed by atoms with E-state index in [2.05, 4.69) is 0 Å². The van der Waals surface area contributed by atoms with Gasteiger partial charge in [-0.25, -0.2) is 0 Å². The molecule has 0 saturated heterocycles. The van der Waals surface area contributed by atoms with Gasteiger partial charge in [0.1, 0.15) is 6.61 Å². The Kier molecular flexibility index (Phi) is 3.66. The molecule has 0 aromatic heterocycles. The van der Waals surface area contributed by atoms with Gasteiger partial charge in [0.05, 0.1) is 4.92 Å². The van der Waals surface area contributed by atoms with Crippen LogP contribution in [0, 0.1) is 17.0 Å². The number of ether oxygens (including phenoxy) is 1. The number of hydrogen-bond acceptors (Lipinski definition) is 4. The van der Waals surface area contributed by atoms with Crippen LogP contribution in [0.2, 0.25) is 0 Å². The predicted octanol–water partition coefficient (Wildman–Crippen LogP) is 3.19. The van der Waals surface area contributed by atoms with Crippen LogP contribution < -0.4 is 4.74 Å². The first kappa shape index (κ1) is 12.9. The smallest absolute Gasteiger partial charge is 0.272 e. The minimum atomic E-state index is -0.418. The SMILES string of the molecule is Cc1c(COc2ccccc2O)cccc1[N+](=O)[O-]. The fourth-order valence-electron chi connectivity index (χ4n) is 1.76. The van der Waals surface area contributed by atoms with Crippen LogP contribution in [-0.2, 0) is 6.61 Å². The molecule has 19 heavy (non-hydrogen) atoms. The Morgan fingerprint density at radius 2 is 1.95 bits per heavy atom. The molecule has 0 saturated carbocycles. The largest absolute Gasteiger partial charge is 0.504 e. The molecule has 5 nitrogen and oxygen atoms in total.